The van der Waals surface area contributed by atoms with Crippen LogP contribution in [0.15, 0.2) is 64.4 Å². The van der Waals surface area contributed by atoms with E-state index in [1.807, 2.05) is 20.0 Å². The number of fused-ring (bicyclic) bond motifs is 1. The number of hydrogen-bond acceptors (Lipinski definition) is 5. The highest BCUT2D eigenvalue weighted by molar-refractivity contribution is 5.97. The van der Waals surface area contributed by atoms with E-state index in [0.717, 1.165) is 48.4 Å². The largest absolute Gasteiger partial charge is 0.497 e. The van der Waals surface area contributed by atoms with Gasteiger partial charge in [0.25, 0.3) is 0 Å². The number of anilines is 1. The van der Waals surface area contributed by atoms with Crippen molar-refractivity contribution in [2.45, 2.75) is 58.3 Å². The molecule has 0 aromatic heterocycles. The Labute approximate surface area is 236 Å². The molecule has 2 unspecified atom stereocenters. The quantitative estimate of drug-likeness (QED) is 0.208. The minimum Gasteiger partial charge on any atom is -0.497 e. The van der Waals surface area contributed by atoms with E-state index in [1.165, 1.54) is 5.57 Å². The summed E-state index contributed by atoms with van der Waals surface area (Å²) in [6.07, 6.45) is 15.5. The van der Waals surface area contributed by atoms with Gasteiger partial charge in [0, 0.05) is 50.4 Å². The van der Waals surface area contributed by atoms with Crippen molar-refractivity contribution in [2.24, 2.45) is 16.3 Å². The van der Waals surface area contributed by atoms with Gasteiger partial charge in [-0.1, -0.05) is 36.4 Å². The van der Waals surface area contributed by atoms with Crippen molar-refractivity contribution in [1.29, 1.82) is 5.26 Å². The molecule has 0 bridgehead atoms. The predicted molar refractivity (Wildman–Crippen MR) is 156 cm³/mol. The molecule has 0 saturated heterocycles. The van der Waals surface area contributed by atoms with Crippen LogP contribution in [0.3, 0.4) is 0 Å². The molecule has 3 N–H and O–H groups in total. The Hall–Kier alpha value is -4.12. The Morgan fingerprint density at radius 1 is 1.32 bits per heavy atom. The summed E-state index contributed by atoms with van der Waals surface area (Å²) in [6, 6.07) is 5.76. The molecule has 1 aliphatic heterocycles. The normalized spacial score (nSPS) is 21.8. The Kier molecular flexibility index (Phi) is 9.26. The molecule has 0 radical (unpaired) electrons. The number of rotatable bonds is 10. The first kappa shape index (κ1) is 28.9. The van der Waals surface area contributed by atoms with Gasteiger partial charge >= 0.3 is 5.97 Å². The molecule has 1 aromatic rings. The molecule has 3 aliphatic rings. The van der Waals surface area contributed by atoms with Crippen LogP contribution >= 0.6 is 0 Å². The van der Waals surface area contributed by atoms with E-state index in [-0.39, 0.29) is 23.7 Å². The average molecular weight is 543 g/mol. The number of aliphatic carboxylic acids is 1. The van der Waals surface area contributed by atoms with E-state index >= 15 is 0 Å². The third kappa shape index (κ3) is 6.36. The summed E-state index contributed by atoms with van der Waals surface area (Å²) in [4.78, 5) is 28.9. The zero-order valence-electron chi connectivity index (χ0n) is 23.5. The molecular weight excluding hydrogens is 504 g/mol. The number of carbonyl (C=O) groups is 2. The second-order valence-corrected chi connectivity index (χ2v) is 10.6. The standard InChI is InChI=1S/C32H38N4O4/c1-21-24(20-33)15-14-23(10-7-13-29(37)38)30(21)36-31(39)26-19-32(26)16-17-40-27-11-6-9-22(18-25(27)32)8-4-5-12-28(34-2)35-3/h4-6,9,14-15,18,26H,7-8,10-13,16-17,19H2,1-3H3,(H,34,35)(H,36,39)(H,37,38)/b5-4-. The fourth-order valence-electron chi connectivity index (χ4n) is 5.77. The lowest BCUT2D eigenvalue weighted by molar-refractivity contribution is -0.137. The number of aliphatic imine (C=N–C) groups is 1. The third-order valence-corrected chi connectivity index (χ3v) is 8.16. The van der Waals surface area contributed by atoms with Crippen molar-refractivity contribution in [3.8, 4) is 6.07 Å². The number of benzene rings is 1. The van der Waals surface area contributed by atoms with Gasteiger partial charge in [-0.05, 0) is 67.4 Å². The van der Waals surface area contributed by atoms with Crippen LogP contribution < -0.4 is 10.6 Å². The summed E-state index contributed by atoms with van der Waals surface area (Å²) in [5.74, 6) is 0.779. The van der Waals surface area contributed by atoms with E-state index in [0.29, 0.717) is 42.7 Å². The summed E-state index contributed by atoms with van der Waals surface area (Å²) < 4.78 is 6.08. The molecule has 40 heavy (non-hydrogen) atoms. The molecule has 1 heterocycles. The lowest BCUT2D eigenvalue weighted by Gasteiger charge is -2.28. The number of allylic oxidation sites excluding steroid dienone is 6. The minimum absolute atomic E-state index is 0.0514. The average Bonchev–Trinajstić information content (AvgIpc) is 3.70. The third-order valence-electron chi connectivity index (χ3n) is 8.16. The van der Waals surface area contributed by atoms with Crippen LogP contribution in [0.25, 0.3) is 0 Å². The van der Waals surface area contributed by atoms with Gasteiger partial charge in [-0.2, -0.15) is 5.26 Å². The molecule has 8 nitrogen and oxygen atoms in total. The molecular formula is C32H38N4O4. The van der Waals surface area contributed by atoms with Crippen molar-refractivity contribution in [3.63, 3.8) is 0 Å². The van der Waals surface area contributed by atoms with E-state index in [9.17, 15) is 14.9 Å². The fourth-order valence-corrected chi connectivity index (χ4v) is 5.77. The first-order valence-electron chi connectivity index (χ1n) is 13.9. The highest BCUT2D eigenvalue weighted by atomic mass is 16.5. The number of carboxylic acid groups (broad SMARTS) is 1. The van der Waals surface area contributed by atoms with Gasteiger partial charge in [-0.15, -0.1) is 0 Å². The molecule has 1 amide bonds. The van der Waals surface area contributed by atoms with Crippen LogP contribution in [-0.2, 0) is 20.7 Å². The van der Waals surface area contributed by atoms with Crippen LogP contribution in [0.2, 0.25) is 0 Å². The number of amides is 1. The number of carbonyl (C=O) groups excluding carboxylic acids is 1. The predicted octanol–water partition coefficient (Wildman–Crippen LogP) is 5.36. The van der Waals surface area contributed by atoms with Gasteiger partial charge in [-0.25, -0.2) is 0 Å². The van der Waals surface area contributed by atoms with Crippen LogP contribution in [-0.4, -0.2) is 43.5 Å². The smallest absolute Gasteiger partial charge is 0.303 e. The van der Waals surface area contributed by atoms with Crippen molar-refractivity contribution < 1.29 is 19.4 Å². The van der Waals surface area contributed by atoms with Crippen molar-refractivity contribution in [2.75, 3.05) is 26.0 Å². The highest BCUT2D eigenvalue weighted by Crippen LogP contribution is 2.64. The van der Waals surface area contributed by atoms with Gasteiger partial charge in [0.2, 0.25) is 5.91 Å². The first-order valence-corrected chi connectivity index (χ1v) is 13.9. The Morgan fingerprint density at radius 2 is 2.15 bits per heavy atom. The van der Waals surface area contributed by atoms with E-state index in [2.05, 4.69) is 52.1 Å². The van der Waals surface area contributed by atoms with Crippen molar-refractivity contribution in [1.82, 2.24) is 5.32 Å². The zero-order valence-corrected chi connectivity index (χ0v) is 23.5. The molecule has 2 atom stereocenters. The number of nitrogens with one attached hydrogen (secondary N) is 2. The molecule has 1 aromatic carbocycles. The summed E-state index contributed by atoms with van der Waals surface area (Å²) >= 11 is 0. The van der Waals surface area contributed by atoms with Gasteiger partial charge in [0.15, 0.2) is 0 Å². The Morgan fingerprint density at radius 3 is 2.88 bits per heavy atom. The molecule has 4 rings (SSSR count). The number of nitrogens with zero attached hydrogens (tertiary/aromatic N) is 2. The second-order valence-electron chi connectivity index (χ2n) is 10.6. The number of aryl methyl sites for hydroxylation is 1. The van der Waals surface area contributed by atoms with Gasteiger partial charge < -0.3 is 20.5 Å². The van der Waals surface area contributed by atoms with Gasteiger partial charge in [-0.3, -0.25) is 14.6 Å². The summed E-state index contributed by atoms with van der Waals surface area (Å²) in [7, 11) is 3.64. The number of amidine groups is 1. The molecule has 1 saturated carbocycles. The molecule has 2 aliphatic carbocycles. The first-order chi connectivity index (χ1) is 19.3. The van der Waals surface area contributed by atoms with E-state index in [4.69, 9.17) is 9.84 Å². The lowest BCUT2D eigenvalue weighted by atomic mass is 9.85. The van der Waals surface area contributed by atoms with Crippen LogP contribution in [0, 0.1) is 29.6 Å². The maximum atomic E-state index is 13.7. The fraction of sp³-hybridized carbons (Fsp3) is 0.438. The second kappa shape index (κ2) is 12.8. The monoisotopic (exact) mass is 542 g/mol. The van der Waals surface area contributed by atoms with E-state index in [1.54, 1.807) is 13.1 Å². The van der Waals surface area contributed by atoms with Gasteiger partial charge in [0.05, 0.1) is 24.1 Å². The van der Waals surface area contributed by atoms with Gasteiger partial charge in [0.1, 0.15) is 5.76 Å². The van der Waals surface area contributed by atoms with Crippen molar-refractivity contribution >= 4 is 23.4 Å². The van der Waals surface area contributed by atoms with Crippen molar-refractivity contribution in [3.05, 3.63) is 76.1 Å². The number of ether oxygens (including phenoxy) is 1. The Bertz CT molecular complexity index is 1360. The van der Waals surface area contributed by atoms with Crippen LogP contribution in [0.5, 0.6) is 0 Å². The SMILES string of the molecule is C/N=C(\C/C=C\CC1=CC2=C(CC=C1)OCCC21CC1C(=O)Nc1c(CCCC(=O)O)ccc(C#N)c1C)NC. The summed E-state index contributed by atoms with van der Waals surface area (Å²) in [6.45, 7) is 2.42. The van der Waals surface area contributed by atoms with Crippen LogP contribution in [0.4, 0.5) is 5.69 Å². The minimum atomic E-state index is -0.849. The lowest BCUT2D eigenvalue weighted by Crippen LogP contribution is -2.25. The number of nitriles is 1. The number of hydrogen-bond donors (Lipinski definition) is 3. The molecule has 1 spiro atoms. The highest BCUT2D eigenvalue weighted by Gasteiger charge is 2.61. The maximum absolute atomic E-state index is 13.7. The number of carboxylic acids is 1. The molecule has 8 heteroatoms. The molecule has 210 valence electrons. The Balaban J connectivity index is 1.52. The summed E-state index contributed by atoms with van der Waals surface area (Å²) in [5, 5.41) is 24.8. The molecule has 1 fully saturated rings. The van der Waals surface area contributed by atoms with E-state index < -0.39 is 5.97 Å². The van der Waals surface area contributed by atoms with Crippen LogP contribution in [0.1, 0.15) is 61.6 Å². The topological polar surface area (TPSA) is 124 Å². The summed E-state index contributed by atoms with van der Waals surface area (Å²) in [5.41, 5.74) is 4.76. The zero-order chi connectivity index (χ0) is 28.7. The maximum Gasteiger partial charge on any atom is 0.303 e.